The van der Waals surface area contributed by atoms with Crippen molar-refractivity contribution < 1.29 is 14.6 Å². The minimum absolute atomic E-state index is 0.387. The van der Waals surface area contributed by atoms with Crippen LogP contribution in [0.4, 0.5) is 4.79 Å². The third kappa shape index (κ3) is 4.75. The first-order valence-corrected chi connectivity index (χ1v) is 6.31. The van der Waals surface area contributed by atoms with E-state index in [9.17, 15) is 9.90 Å². The van der Waals surface area contributed by atoms with Crippen LogP contribution in [0.25, 0.3) is 0 Å². The number of unbranched alkanes of at least 4 members (excludes halogenated alkanes) is 1. The van der Waals surface area contributed by atoms with E-state index in [-0.39, 0.29) is 6.04 Å². The fraction of sp³-hybridized carbons (Fsp3) is 0.500. The molecule has 2 unspecified atom stereocenters. The van der Waals surface area contributed by atoms with Crippen molar-refractivity contribution in [2.75, 3.05) is 6.61 Å². The first kappa shape index (κ1) is 14.5. The van der Waals surface area contributed by atoms with Crippen molar-refractivity contribution in [3.63, 3.8) is 0 Å². The number of alkyl carbamates (subject to hydrolysis) is 1. The summed E-state index contributed by atoms with van der Waals surface area (Å²) < 4.78 is 4.98. The lowest BCUT2D eigenvalue weighted by molar-refractivity contribution is 0.109. The number of carbonyl (C=O) groups excluding carboxylic acids is 1. The number of aliphatic hydroxyl groups excluding tert-OH is 1. The quantitative estimate of drug-likeness (QED) is 0.764. The second kappa shape index (κ2) is 7.71. The molecule has 4 nitrogen and oxygen atoms in total. The van der Waals surface area contributed by atoms with Gasteiger partial charge in [0.2, 0.25) is 0 Å². The largest absolute Gasteiger partial charge is 0.450 e. The molecule has 0 aliphatic rings. The van der Waals surface area contributed by atoms with Crippen molar-refractivity contribution in [2.24, 2.45) is 0 Å². The lowest BCUT2D eigenvalue weighted by Gasteiger charge is -2.20. The van der Waals surface area contributed by atoms with Crippen LogP contribution in [0.2, 0.25) is 0 Å². The molecule has 1 rings (SSSR count). The zero-order chi connectivity index (χ0) is 13.4. The van der Waals surface area contributed by atoms with Crippen LogP contribution in [-0.2, 0) is 4.74 Å². The van der Waals surface area contributed by atoms with Gasteiger partial charge in [-0.05, 0) is 18.9 Å². The van der Waals surface area contributed by atoms with Crippen LogP contribution in [0, 0.1) is 0 Å². The van der Waals surface area contributed by atoms with Crippen LogP contribution in [0.1, 0.15) is 38.4 Å². The summed E-state index contributed by atoms with van der Waals surface area (Å²) in [5.41, 5.74) is 0.777. The summed E-state index contributed by atoms with van der Waals surface area (Å²) >= 11 is 0. The molecule has 0 fully saturated rings. The van der Waals surface area contributed by atoms with Gasteiger partial charge in [-0.2, -0.15) is 0 Å². The molecule has 0 bridgehead atoms. The van der Waals surface area contributed by atoms with Crippen LogP contribution in [0.3, 0.4) is 0 Å². The molecule has 0 heterocycles. The molecular formula is C14H21NO3. The summed E-state index contributed by atoms with van der Waals surface area (Å²) in [7, 11) is 0. The van der Waals surface area contributed by atoms with Crippen LogP contribution in [0.5, 0.6) is 0 Å². The molecular weight excluding hydrogens is 230 g/mol. The van der Waals surface area contributed by atoms with Gasteiger partial charge in [0.15, 0.2) is 0 Å². The predicted molar refractivity (Wildman–Crippen MR) is 70.3 cm³/mol. The third-order valence-electron chi connectivity index (χ3n) is 2.69. The molecule has 100 valence electrons. The van der Waals surface area contributed by atoms with Gasteiger partial charge in [-0.3, -0.25) is 0 Å². The van der Waals surface area contributed by atoms with Gasteiger partial charge < -0.3 is 15.2 Å². The number of amides is 1. The first-order chi connectivity index (χ1) is 8.65. The Bertz CT molecular complexity index is 353. The Labute approximate surface area is 108 Å². The van der Waals surface area contributed by atoms with Gasteiger partial charge in [0, 0.05) is 0 Å². The lowest BCUT2D eigenvalue weighted by atomic mass is 10.0. The maximum Gasteiger partial charge on any atom is 0.407 e. The number of nitrogens with one attached hydrogen (secondary N) is 1. The highest BCUT2D eigenvalue weighted by Crippen LogP contribution is 2.15. The number of benzene rings is 1. The SMILES string of the molecule is CCCCOC(=O)NC(C)C(O)c1ccccc1. The topological polar surface area (TPSA) is 58.6 Å². The maximum atomic E-state index is 11.4. The summed E-state index contributed by atoms with van der Waals surface area (Å²) in [6, 6.07) is 8.85. The molecule has 0 aliphatic carbocycles. The minimum atomic E-state index is -0.732. The number of carbonyl (C=O) groups is 1. The zero-order valence-corrected chi connectivity index (χ0v) is 10.9. The second-order valence-corrected chi connectivity index (χ2v) is 4.28. The fourth-order valence-electron chi connectivity index (χ4n) is 1.55. The van der Waals surface area contributed by atoms with E-state index in [0.717, 1.165) is 18.4 Å². The molecule has 1 amide bonds. The maximum absolute atomic E-state index is 11.4. The van der Waals surface area contributed by atoms with E-state index in [1.807, 2.05) is 37.3 Å². The van der Waals surface area contributed by atoms with Crippen molar-refractivity contribution in [1.29, 1.82) is 0 Å². The van der Waals surface area contributed by atoms with E-state index in [1.165, 1.54) is 0 Å². The van der Waals surface area contributed by atoms with E-state index in [0.29, 0.717) is 6.61 Å². The monoisotopic (exact) mass is 251 g/mol. The van der Waals surface area contributed by atoms with Crippen molar-refractivity contribution in [3.05, 3.63) is 35.9 Å². The average molecular weight is 251 g/mol. The van der Waals surface area contributed by atoms with E-state index < -0.39 is 12.2 Å². The third-order valence-corrected chi connectivity index (χ3v) is 2.69. The molecule has 18 heavy (non-hydrogen) atoms. The van der Waals surface area contributed by atoms with Gasteiger partial charge in [-0.25, -0.2) is 4.79 Å². The predicted octanol–water partition coefficient (Wildman–Crippen LogP) is 2.63. The number of aliphatic hydroxyl groups is 1. The van der Waals surface area contributed by atoms with Crippen molar-refractivity contribution in [1.82, 2.24) is 5.32 Å². The van der Waals surface area contributed by atoms with Gasteiger partial charge in [-0.1, -0.05) is 43.7 Å². The smallest absolute Gasteiger partial charge is 0.407 e. The van der Waals surface area contributed by atoms with Crippen LogP contribution < -0.4 is 5.32 Å². The second-order valence-electron chi connectivity index (χ2n) is 4.28. The summed E-state index contributed by atoms with van der Waals surface area (Å²) in [4.78, 5) is 11.4. The molecule has 2 atom stereocenters. The summed E-state index contributed by atoms with van der Waals surface area (Å²) in [6.45, 7) is 4.19. The van der Waals surface area contributed by atoms with Gasteiger partial charge in [0.1, 0.15) is 0 Å². The molecule has 0 saturated carbocycles. The highest BCUT2D eigenvalue weighted by molar-refractivity contribution is 5.67. The Balaban J connectivity index is 2.40. The van der Waals surface area contributed by atoms with Gasteiger partial charge in [0.05, 0.1) is 18.8 Å². The average Bonchev–Trinajstić information content (AvgIpc) is 2.39. The lowest BCUT2D eigenvalue weighted by Crippen LogP contribution is -2.37. The molecule has 1 aromatic carbocycles. The Hall–Kier alpha value is -1.55. The molecule has 0 spiro atoms. The van der Waals surface area contributed by atoms with E-state index in [2.05, 4.69) is 5.32 Å². The molecule has 2 N–H and O–H groups in total. The normalized spacial score (nSPS) is 13.7. The van der Waals surface area contributed by atoms with E-state index >= 15 is 0 Å². The summed E-state index contributed by atoms with van der Waals surface area (Å²) in [5.74, 6) is 0. The Kier molecular flexibility index (Phi) is 6.22. The Morgan fingerprint density at radius 2 is 2.06 bits per heavy atom. The molecule has 0 aliphatic heterocycles. The minimum Gasteiger partial charge on any atom is -0.450 e. The van der Waals surface area contributed by atoms with Gasteiger partial charge in [-0.15, -0.1) is 0 Å². The molecule has 1 aromatic rings. The van der Waals surface area contributed by atoms with Crippen LogP contribution in [-0.4, -0.2) is 23.8 Å². The summed E-state index contributed by atoms with van der Waals surface area (Å²) in [6.07, 6.45) is 0.620. The number of hydrogen-bond donors (Lipinski definition) is 2. The van der Waals surface area contributed by atoms with Crippen LogP contribution >= 0.6 is 0 Å². The standard InChI is InChI=1S/C14H21NO3/c1-3-4-10-18-14(17)15-11(2)13(16)12-8-6-5-7-9-12/h5-9,11,13,16H,3-4,10H2,1-2H3,(H,15,17). The Morgan fingerprint density at radius 1 is 1.39 bits per heavy atom. The fourth-order valence-corrected chi connectivity index (χ4v) is 1.55. The van der Waals surface area contributed by atoms with Crippen molar-refractivity contribution >= 4 is 6.09 Å². The highest BCUT2D eigenvalue weighted by Gasteiger charge is 2.18. The number of rotatable bonds is 6. The van der Waals surface area contributed by atoms with Crippen molar-refractivity contribution in [3.8, 4) is 0 Å². The van der Waals surface area contributed by atoms with Gasteiger partial charge >= 0.3 is 6.09 Å². The molecule has 0 radical (unpaired) electrons. The molecule has 4 heteroatoms. The summed E-state index contributed by atoms with van der Waals surface area (Å²) in [5, 5.41) is 12.7. The molecule has 0 aromatic heterocycles. The number of ether oxygens (including phenoxy) is 1. The number of hydrogen-bond acceptors (Lipinski definition) is 3. The van der Waals surface area contributed by atoms with E-state index in [4.69, 9.17) is 4.74 Å². The highest BCUT2D eigenvalue weighted by atomic mass is 16.5. The van der Waals surface area contributed by atoms with E-state index in [1.54, 1.807) is 6.92 Å². The first-order valence-electron chi connectivity index (χ1n) is 6.31. The van der Waals surface area contributed by atoms with Crippen molar-refractivity contribution in [2.45, 2.75) is 38.8 Å². The molecule has 0 saturated heterocycles. The Morgan fingerprint density at radius 3 is 2.67 bits per heavy atom. The zero-order valence-electron chi connectivity index (χ0n) is 10.9. The van der Waals surface area contributed by atoms with Crippen LogP contribution in [0.15, 0.2) is 30.3 Å². The van der Waals surface area contributed by atoms with Gasteiger partial charge in [0.25, 0.3) is 0 Å².